The first-order chi connectivity index (χ1) is 8.24. The Morgan fingerprint density at radius 2 is 2.18 bits per heavy atom. The fraction of sp³-hybridized carbons (Fsp3) is 0.0833. The smallest absolute Gasteiger partial charge is 0.232 e. The summed E-state index contributed by atoms with van der Waals surface area (Å²) < 4.78 is 6.19. The molecule has 0 aliphatic rings. The normalized spacial score (nSPS) is 9.71. The van der Waals surface area contributed by atoms with Crippen molar-refractivity contribution in [3.8, 4) is 23.1 Å². The molecule has 0 radical (unpaired) electrons. The number of nitrogens with zero attached hydrogens (tertiary/aromatic N) is 3. The minimum Gasteiger partial charge on any atom is -0.496 e. The van der Waals surface area contributed by atoms with E-state index in [1.807, 2.05) is 24.3 Å². The molecule has 84 valence electrons. The van der Waals surface area contributed by atoms with Gasteiger partial charge in [0.2, 0.25) is 5.82 Å². The van der Waals surface area contributed by atoms with Crippen molar-refractivity contribution in [2.24, 2.45) is 0 Å². The third kappa shape index (κ3) is 2.43. The maximum absolute atomic E-state index is 8.77. The van der Waals surface area contributed by atoms with Gasteiger partial charge in [0.25, 0.3) is 0 Å². The van der Waals surface area contributed by atoms with E-state index in [1.165, 1.54) is 0 Å². The molecular formula is C12H8BrN3O. The van der Waals surface area contributed by atoms with Crippen LogP contribution in [0.1, 0.15) is 5.82 Å². The van der Waals surface area contributed by atoms with Gasteiger partial charge in [0, 0.05) is 16.2 Å². The maximum atomic E-state index is 8.77. The van der Waals surface area contributed by atoms with Crippen LogP contribution >= 0.6 is 15.9 Å². The molecule has 0 bridgehead atoms. The summed E-state index contributed by atoms with van der Waals surface area (Å²) in [6.07, 6.45) is 1.56. The van der Waals surface area contributed by atoms with E-state index in [9.17, 15) is 0 Å². The number of hydrogen-bond donors (Lipinski definition) is 0. The van der Waals surface area contributed by atoms with E-state index >= 15 is 0 Å². The lowest BCUT2D eigenvalue weighted by molar-refractivity contribution is 0.416. The number of methoxy groups -OCH3 is 1. The highest BCUT2D eigenvalue weighted by molar-refractivity contribution is 9.10. The molecule has 0 fully saturated rings. The van der Waals surface area contributed by atoms with Crippen molar-refractivity contribution in [1.29, 1.82) is 5.26 Å². The van der Waals surface area contributed by atoms with Crippen LogP contribution in [0.2, 0.25) is 0 Å². The number of hydrogen-bond acceptors (Lipinski definition) is 4. The van der Waals surface area contributed by atoms with Crippen molar-refractivity contribution in [2.75, 3.05) is 7.11 Å². The Kier molecular flexibility index (Phi) is 3.35. The minimum atomic E-state index is 0.143. The highest BCUT2D eigenvalue weighted by Crippen LogP contribution is 2.31. The number of ether oxygens (including phenoxy) is 1. The van der Waals surface area contributed by atoms with Gasteiger partial charge in [-0.2, -0.15) is 5.26 Å². The van der Waals surface area contributed by atoms with Crippen LogP contribution in [-0.2, 0) is 0 Å². The zero-order valence-electron chi connectivity index (χ0n) is 9.01. The number of benzene rings is 1. The molecule has 5 heteroatoms. The average Bonchev–Trinajstić information content (AvgIpc) is 2.39. The highest BCUT2D eigenvalue weighted by atomic mass is 79.9. The molecule has 0 amide bonds. The SMILES string of the molecule is COc1ccc(Br)cc1-c1ccnc(C#N)n1. The standard InChI is InChI=1S/C12H8BrN3O/c1-17-11-3-2-8(13)6-9(11)10-4-5-15-12(7-14)16-10/h2-6H,1H3. The molecule has 1 aromatic carbocycles. The summed E-state index contributed by atoms with van der Waals surface area (Å²) in [7, 11) is 1.60. The topological polar surface area (TPSA) is 58.8 Å². The molecule has 1 heterocycles. The van der Waals surface area contributed by atoms with Gasteiger partial charge < -0.3 is 4.74 Å². The molecule has 0 spiro atoms. The first-order valence-electron chi connectivity index (χ1n) is 4.81. The largest absolute Gasteiger partial charge is 0.496 e. The van der Waals surface area contributed by atoms with Gasteiger partial charge in [-0.15, -0.1) is 0 Å². The van der Waals surface area contributed by atoms with E-state index in [0.29, 0.717) is 11.4 Å². The van der Waals surface area contributed by atoms with Gasteiger partial charge in [-0.25, -0.2) is 9.97 Å². The van der Waals surface area contributed by atoms with Crippen LogP contribution in [0.25, 0.3) is 11.3 Å². The third-order valence-corrected chi connectivity index (χ3v) is 2.69. The molecule has 2 aromatic rings. The summed E-state index contributed by atoms with van der Waals surface area (Å²) in [4.78, 5) is 7.97. The summed E-state index contributed by atoms with van der Waals surface area (Å²) in [5.74, 6) is 0.848. The van der Waals surface area contributed by atoms with E-state index in [1.54, 1.807) is 19.4 Å². The van der Waals surface area contributed by atoms with Gasteiger partial charge in [-0.3, -0.25) is 0 Å². The first-order valence-corrected chi connectivity index (χ1v) is 5.61. The molecule has 17 heavy (non-hydrogen) atoms. The predicted molar refractivity (Wildman–Crippen MR) is 66.4 cm³/mol. The van der Waals surface area contributed by atoms with Crippen LogP contribution in [-0.4, -0.2) is 17.1 Å². The Morgan fingerprint density at radius 3 is 2.88 bits per heavy atom. The summed E-state index contributed by atoms with van der Waals surface area (Å²) >= 11 is 3.39. The van der Waals surface area contributed by atoms with E-state index in [-0.39, 0.29) is 5.82 Å². The highest BCUT2D eigenvalue weighted by Gasteiger charge is 2.08. The second-order valence-corrected chi connectivity index (χ2v) is 4.14. The number of nitriles is 1. The van der Waals surface area contributed by atoms with Crippen molar-refractivity contribution in [3.63, 3.8) is 0 Å². The molecule has 0 atom stereocenters. The van der Waals surface area contributed by atoms with E-state index < -0.39 is 0 Å². The Morgan fingerprint density at radius 1 is 1.35 bits per heavy atom. The van der Waals surface area contributed by atoms with Crippen molar-refractivity contribution in [3.05, 3.63) is 40.8 Å². The summed E-state index contributed by atoms with van der Waals surface area (Å²) in [6, 6.07) is 9.27. The van der Waals surface area contributed by atoms with E-state index in [0.717, 1.165) is 10.0 Å². The summed E-state index contributed by atoms with van der Waals surface area (Å²) in [6.45, 7) is 0. The third-order valence-electron chi connectivity index (χ3n) is 2.19. The van der Waals surface area contributed by atoms with Gasteiger partial charge in [0.1, 0.15) is 11.8 Å². The van der Waals surface area contributed by atoms with Gasteiger partial charge >= 0.3 is 0 Å². The fourth-order valence-electron chi connectivity index (χ4n) is 1.44. The van der Waals surface area contributed by atoms with E-state index in [2.05, 4.69) is 25.9 Å². The Labute approximate surface area is 107 Å². The molecule has 0 aliphatic carbocycles. The summed E-state index contributed by atoms with van der Waals surface area (Å²) in [5.41, 5.74) is 1.48. The first kappa shape index (κ1) is 11.6. The molecule has 0 saturated carbocycles. The molecule has 0 saturated heterocycles. The second kappa shape index (κ2) is 4.93. The Balaban J connectivity index is 2.59. The lowest BCUT2D eigenvalue weighted by Crippen LogP contribution is -1.94. The van der Waals surface area contributed by atoms with Crippen LogP contribution in [0.4, 0.5) is 0 Å². The molecule has 2 rings (SSSR count). The van der Waals surface area contributed by atoms with Gasteiger partial charge in [0.05, 0.1) is 12.8 Å². The number of rotatable bonds is 2. The van der Waals surface area contributed by atoms with Crippen LogP contribution in [0.15, 0.2) is 34.9 Å². The van der Waals surface area contributed by atoms with Crippen LogP contribution in [0.3, 0.4) is 0 Å². The second-order valence-electron chi connectivity index (χ2n) is 3.22. The van der Waals surface area contributed by atoms with Crippen LogP contribution in [0, 0.1) is 11.3 Å². The molecular weight excluding hydrogens is 282 g/mol. The van der Waals surface area contributed by atoms with Crippen molar-refractivity contribution in [1.82, 2.24) is 9.97 Å². The average molecular weight is 290 g/mol. The lowest BCUT2D eigenvalue weighted by atomic mass is 10.1. The van der Waals surface area contributed by atoms with Gasteiger partial charge in [-0.1, -0.05) is 15.9 Å². The Hall–Kier alpha value is -1.93. The zero-order chi connectivity index (χ0) is 12.3. The van der Waals surface area contributed by atoms with Crippen LogP contribution in [0.5, 0.6) is 5.75 Å². The van der Waals surface area contributed by atoms with Crippen molar-refractivity contribution < 1.29 is 4.74 Å². The monoisotopic (exact) mass is 289 g/mol. The maximum Gasteiger partial charge on any atom is 0.232 e. The quantitative estimate of drug-likeness (QED) is 0.853. The molecule has 4 nitrogen and oxygen atoms in total. The fourth-order valence-corrected chi connectivity index (χ4v) is 1.80. The van der Waals surface area contributed by atoms with Crippen molar-refractivity contribution >= 4 is 15.9 Å². The lowest BCUT2D eigenvalue weighted by Gasteiger charge is -2.08. The van der Waals surface area contributed by atoms with Crippen molar-refractivity contribution in [2.45, 2.75) is 0 Å². The predicted octanol–water partition coefficient (Wildman–Crippen LogP) is 2.79. The molecule has 0 unspecified atom stereocenters. The van der Waals surface area contributed by atoms with E-state index in [4.69, 9.17) is 10.00 Å². The molecule has 0 N–H and O–H groups in total. The number of halogens is 1. The zero-order valence-corrected chi connectivity index (χ0v) is 10.6. The minimum absolute atomic E-state index is 0.143. The Bertz CT molecular complexity index is 593. The summed E-state index contributed by atoms with van der Waals surface area (Å²) in [5, 5.41) is 8.77. The van der Waals surface area contributed by atoms with Gasteiger partial charge in [0.15, 0.2) is 0 Å². The number of aromatic nitrogens is 2. The molecule has 1 aromatic heterocycles. The molecule has 0 aliphatic heterocycles. The van der Waals surface area contributed by atoms with Crippen LogP contribution < -0.4 is 4.74 Å². The van der Waals surface area contributed by atoms with Gasteiger partial charge in [-0.05, 0) is 24.3 Å².